The van der Waals surface area contributed by atoms with Gasteiger partial charge >= 0.3 is 6.18 Å². The maximum Gasteiger partial charge on any atom is 0.431 e. The van der Waals surface area contributed by atoms with Gasteiger partial charge in [0.25, 0.3) is 0 Å². The Bertz CT molecular complexity index is 1560. The minimum Gasteiger partial charge on any atom is -0.459 e. The molecule has 0 amide bonds. The van der Waals surface area contributed by atoms with Crippen LogP contribution in [0.3, 0.4) is 0 Å². The predicted molar refractivity (Wildman–Crippen MR) is 123 cm³/mol. The smallest absolute Gasteiger partial charge is 0.431 e. The van der Waals surface area contributed by atoms with Gasteiger partial charge in [-0.3, -0.25) is 9.38 Å². The van der Waals surface area contributed by atoms with Crippen molar-refractivity contribution in [3.05, 3.63) is 59.6 Å². The minimum atomic E-state index is -4.90. The molecule has 0 saturated carbocycles. The van der Waals surface area contributed by atoms with Crippen molar-refractivity contribution in [1.82, 2.24) is 34.3 Å². The predicted octanol–water partition coefficient (Wildman–Crippen LogP) is 4.11. The molecule has 5 heterocycles. The molecule has 14 heteroatoms. The first-order valence-electron chi connectivity index (χ1n) is 11.5. The van der Waals surface area contributed by atoms with Crippen LogP contribution in [-0.4, -0.2) is 53.5 Å². The number of nitrogens with zero attached hydrogens (tertiary/aromatic N) is 9. The van der Waals surface area contributed by atoms with Gasteiger partial charge < -0.3 is 9.64 Å². The molecule has 1 unspecified atom stereocenters. The third-order valence-electron chi connectivity index (χ3n) is 6.40. The molecule has 1 fully saturated rings. The van der Waals surface area contributed by atoms with Crippen molar-refractivity contribution >= 4 is 5.65 Å². The summed E-state index contributed by atoms with van der Waals surface area (Å²) in [4.78, 5) is 9.38. The number of pyridine rings is 2. The second-order valence-electron chi connectivity index (χ2n) is 8.76. The van der Waals surface area contributed by atoms with Gasteiger partial charge in [-0.2, -0.15) is 23.7 Å². The van der Waals surface area contributed by atoms with Crippen LogP contribution in [0.15, 0.2) is 36.7 Å². The van der Waals surface area contributed by atoms with E-state index in [1.807, 2.05) is 6.07 Å². The highest BCUT2D eigenvalue weighted by atomic mass is 19.4. The molecule has 5 rings (SSSR count). The molecule has 1 aliphatic heterocycles. The quantitative estimate of drug-likeness (QED) is 0.282. The first-order valence-corrected chi connectivity index (χ1v) is 11.5. The van der Waals surface area contributed by atoms with E-state index >= 15 is 0 Å². The molecule has 0 N–H and O–H groups in total. The van der Waals surface area contributed by atoms with Crippen molar-refractivity contribution in [2.24, 2.45) is 0 Å². The van der Waals surface area contributed by atoms with Gasteiger partial charge in [0.2, 0.25) is 12.0 Å². The highest BCUT2D eigenvalue weighted by Crippen LogP contribution is 2.38. The number of imidazole rings is 1. The number of likely N-dealkylation sites (tertiary alicyclic amines) is 1. The van der Waals surface area contributed by atoms with Crippen molar-refractivity contribution in [3.63, 3.8) is 0 Å². The number of hydrogen-bond donors (Lipinski definition) is 0. The lowest BCUT2D eigenvalue weighted by molar-refractivity contribution is -0.200. The normalized spacial score (nSPS) is 15.3. The molecule has 0 aromatic carbocycles. The molecule has 38 heavy (non-hydrogen) atoms. The van der Waals surface area contributed by atoms with Crippen LogP contribution in [0.4, 0.5) is 17.6 Å². The Kier molecular flexibility index (Phi) is 6.32. The Labute approximate surface area is 213 Å². The fourth-order valence-electron chi connectivity index (χ4n) is 4.50. The van der Waals surface area contributed by atoms with Gasteiger partial charge in [-0.15, -0.1) is 5.10 Å². The number of hydrogen-bond acceptors (Lipinski definition) is 8. The summed E-state index contributed by atoms with van der Waals surface area (Å²) in [7, 11) is 0. The van der Waals surface area contributed by atoms with Crippen molar-refractivity contribution < 1.29 is 22.3 Å². The zero-order chi connectivity index (χ0) is 27.0. The Morgan fingerprint density at radius 1 is 1.11 bits per heavy atom. The summed E-state index contributed by atoms with van der Waals surface area (Å²) in [6.07, 6.45) is -2.05. The van der Waals surface area contributed by atoms with Gasteiger partial charge in [0.1, 0.15) is 28.9 Å². The maximum absolute atomic E-state index is 14.1. The average Bonchev–Trinajstić information content (AvgIpc) is 3.50. The fraction of sp³-hybridized carbons (Fsp3) is 0.333. The van der Waals surface area contributed by atoms with Crippen molar-refractivity contribution in [2.75, 3.05) is 13.1 Å². The van der Waals surface area contributed by atoms with Gasteiger partial charge in [0.15, 0.2) is 6.19 Å². The van der Waals surface area contributed by atoms with Gasteiger partial charge in [-0.25, -0.2) is 14.1 Å². The summed E-state index contributed by atoms with van der Waals surface area (Å²) in [5.41, 5.74) is 1.04. The SMILES string of the molecule is Cc1c(-c2cc(OC(c3ccc(F)cn3)C(F)(F)F)n3c(C#N)cnc3c2)nnn1C1CCN(C#N)CC1. The zero-order valence-electron chi connectivity index (χ0n) is 19.9. The van der Waals surface area contributed by atoms with Crippen LogP contribution in [0.5, 0.6) is 5.88 Å². The summed E-state index contributed by atoms with van der Waals surface area (Å²) < 4.78 is 63.8. The summed E-state index contributed by atoms with van der Waals surface area (Å²) in [5, 5.41) is 27.2. The second-order valence-corrected chi connectivity index (χ2v) is 8.76. The topological polar surface area (TPSA) is 121 Å². The van der Waals surface area contributed by atoms with Crippen LogP contribution >= 0.6 is 0 Å². The van der Waals surface area contributed by atoms with E-state index in [9.17, 15) is 22.8 Å². The van der Waals surface area contributed by atoms with E-state index in [4.69, 9.17) is 10.00 Å². The number of fused-ring (bicyclic) bond motifs is 1. The fourth-order valence-corrected chi connectivity index (χ4v) is 4.50. The molecule has 194 valence electrons. The van der Waals surface area contributed by atoms with Gasteiger partial charge in [-0.05, 0) is 38.0 Å². The average molecular weight is 525 g/mol. The van der Waals surface area contributed by atoms with Crippen LogP contribution in [0, 0.1) is 35.5 Å². The lowest BCUT2D eigenvalue weighted by atomic mass is 10.0. The number of alkyl halides is 3. The Morgan fingerprint density at radius 3 is 2.50 bits per heavy atom. The number of piperidine rings is 1. The lowest BCUT2D eigenvalue weighted by Crippen LogP contribution is -2.31. The van der Waals surface area contributed by atoms with Crippen molar-refractivity contribution in [1.29, 1.82) is 10.5 Å². The first kappa shape index (κ1) is 25.0. The van der Waals surface area contributed by atoms with Gasteiger partial charge in [-0.1, -0.05) is 5.21 Å². The highest BCUT2D eigenvalue weighted by Gasteiger charge is 2.44. The largest absolute Gasteiger partial charge is 0.459 e. The standard InChI is InChI=1S/C24H19F4N9O/c1-14-22(33-34-37(14)17-4-6-35(13-30)7-5-17)15-8-20-32-12-18(10-29)36(20)21(9-15)38-23(24(26,27)28)19-3-2-16(25)11-31-19/h2-3,8-9,11-12,17,23H,4-7H2,1H3. The molecule has 4 aromatic rings. The van der Waals surface area contributed by atoms with Crippen LogP contribution in [0.2, 0.25) is 0 Å². The number of ether oxygens (including phenoxy) is 1. The second kappa shape index (κ2) is 9.63. The van der Waals surface area contributed by atoms with Crippen LogP contribution in [-0.2, 0) is 0 Å². The zero-order valence-corrected chi connectivity index (χ0v) is 19.9. The van der Waals surface area contributed by atoms with E-state index < -0.39 is 23.8 Å². The number of aromatic nitrogens is 6. The third kappa shape index (κ3) is 4.56. The summed E-state index contributed by atoms with van der Waals surface area (Å²) in [6, 6.07) is 6.56. The van der Waals surface area contributed by atoms with Crippen LogP contribution in [0.25, 0.3) is 16.9 Å². The van der Waals surface area contributed by atoms with Gasteiger partial charge in [0.05, 0.1) is 29.8 Å². The monoisotopic (exact) mass is 525 g/mol. The van der Waals surface area contributed by atoms with E-state index in [-0.39, 0.29) is 23.3 Å². The van der Waals surface area contributed by atoms with E-state index in [2.05, 4.69) is 26.5 Å². The van der Waals surface area contributed by atoms with Crippen molar-refractivity contribution in [3.8, 4) is 29.4 Å². The van der Waals surface area contributed by atoms with E-state index in [1.54, 1.807) is 22.6 Å². The minimum absolute atomic E-state index is 0.0103. The van der Waals surface area contributed by atoms with E-state index in [0.717, 1.165) is 16.5 Å². The van der Waals surface area contributed by atoms with Crippen LogP contribution < -0.4 is 4.74 Å². The maximum atomic E-state index is 14.1. The molecule has 1 atom stereocenters. The first-order chi connectivity index (χ1) is 18.2. The Hall–Kier alpha value is -4.72. The molecular formula is C24H19F4N9O. The molecular weight excluding hydrogens is 506 g/mol. The van der Waals surface area contributed by atoms with Crippen LogP contribution in [0.1, 0.15) is 42.1 Å². The highest BCUT2D eigenvalue weighted by molar-refractivity contribution is 5.68. The molecule has 10 nitrogen and oxygen atoms in total. The molecule has 0 bridgehead atoms. The lowest BCUT2D eigenvalue weighted by Gasteiger charge is -2.28. The molecule has 1 aliphatic rings. The Morgan fingerprint density at radius 2 is 1.87 bits per heavy atom. The number of rotatable bonds is 5. The molecule has 0 radical (unpaired) electrons. The number of halogens is 4. The molecule has 0 aliphatic carbocycles. The molecule has 1 saturated heterocycles. The van der Waals surface area contributed by atoms with E-state index in [0.29, 0.717) is 49.1 Å². The third-order valence-corrected chi connectivity index (χ3v) is 6.40. The van der Waals surface area contributed by atoms with E-state index in [1.165, 1.54) is 12.3 Å². The Balaban J connectivity index is 1.57. The number of nitriles is 2. The summed E-state index contributed by atoms with van der Waals surface area (Å²) in [5.74, 6) is -1.12. The van der Waals surface area contributed by atoms with Gasteiger partial charge in [0, 0.05) is 24.7 Å². The summed E-state index contributed by atoms with van der Waals surface area (Å²) >= 11 is 0. The molecule has 0 spiro atoms. The summed E-state index contributed by atoms with van der Waals surface area (Å²) in [6.45, 7) is 2.96. The molecule has 4 aromatic heterocycles. The van der Waals surface area contributed by atoms with Crippen molar-refractivity contribution in [2.45, 2.75) is 38.1 Å².